The highest BCUT2D eigenvalue weighted by molar-refractivity contribution is 4.91. The van der Waals surface area contributed by atoms with Gasteiger partial charge in [0, 0.05) is 38.3 Å². The molecule has 1 saturated heterocycles. The van der Waals surface area contributed by atoms with Gasteiger partial charge in [-0.2, -0.15) is 0 Å². The van der Waals surface area contributed by atoms with Gasteiger partial charge in [-0.15, -0.1) is 0 Å². The maximum atomic E-state index is 3.71. The van der Waals surface area contributed by atoms with E-state index in [-0.39, 0.29) is 0 Å². The predicted octanol–water partition coefficient (Wildman–Crippen LogP) is 1.40. The third-order valence-electron chi connectivity index (χ3n) is 4.55. The van der Waals surface area contributed by atoms with Gasteiger partial charge in [0.2, 0.25) is 0 Å². The summed E-state index contributed by atoms with van der Waals surface area (Å²) in [5.41, 5.74) is 0. The summed E-state index contributed by atoms with van der Waals surface area (Å²) >= 11 is 0. The fourth-order valence-electron chi connectivity index (χ4n) is 3.41. The van der Waals surface area contributed by atoms with Crippen LogP contribution in [0.5, 0.6) is 0 Å². The maximum absolute atomic E-state index is 3.71. The number of hydrogen-bond acceptors (Lipinski definition) is 3. The van der Waals surface area contributed by atoms with Gasteiger partial charge in [-0.05, 0) is 38.8 Å². The largest absolute Gasteiger partial charge is 0.313 e. The topological polar surface area (TPSA) is 18.5 Å². The first-order valence-corrected chi connectivity index (χ1v) is 7.36. The van der Waals surface area contributed by atoms with Gasteiger partial charge >= 0.3 is 0 Å². The Bertz CT molecular complexity index is 224. The van der Waals surface area contributed by atoms with Crippen molar-refractivity contribution in [3.8, 4) is 0 Å². The Morgan fingerprint density at radius 1 is 1.12 bits per heavy atom. The molecule has 0 spiro atoms. The highest BCUT2D eigenvalue weighted by atomic mass is 15.3. The zero-order valence-electron chi connectivity index (χ0n) is 11.8. The SMILES string of the molecule is CCNC1CCC(C)CC1N1CCN(C)CC1. The molecule has 0 amide bonds. The van der Waals surface area contributed by atoms with Crippen LogP contribution in [0.4, 0.5) is 0 Å². The van der Waals surface area contributed by atoms with E-state index in [2.05, 4.69) is 36.0 Å². The van der Waals surface area contributed by atoms with Crippen molar-refractivity contribution in [3.63, 3.8) is 0 Å². The van der Waals surface area contributed by atoms with Crippen molar-refractivity contribution in [2.45, 2.75) is 45.2 Å². The summed E-state index contributed by atoms with van der Waals surface area (Å²) in [6, 6.07) is 1.52. The molecule has 1 heterocycles. The summed E-state index contributed by atoms with van der Waals surface area (Å²) in [6.45, 7) is 10.8. The minimum atomic E-state index is 0.736. The van der Waals surface area contributed by atoms with Crippen LogP contribution in [0, 0.1) is 5.92 Å². The molecular formula is C14H29N3. The summed E-state index contributed by atoms with van der Waals surface area (Å²) in [7, 11) is 2.24. The fraction of sp³-hybridized carbons (Fsp3) is 1.00. The van der Waals surface area contributed by atoms with Crippen molar-refractivity contribution in [1.29, 1.82) is 0 Å². The molecule has 2 fully saturated rings. The van der Waals surface area contributed by atoms with Crippen LogP contribution >= 0.6 is 0 Å². The molecule has 3 heteroatoms. The van der Waals surface area contributed by atoms with Gasteiger partial charge < -0.3 is 10.2 Å². The Labute approximate surface area is 107 Å². The van der Waals surface area contributed by atoms with Gasteiger partial charge in [0.15, 0.2) is 0 Å². The molecule has 0 bridgehead atoms. The molecule has 2 aliphatic rings. The average molecular weight is 239 g/mol. The lowest BCUT2D eigenvalue weighted by Crippen LogP contribution is -2.57. The molecule has 17 heavy (non-hydrogen) atoms. The highest BCUT2D eigenvalue weighted by Crippen LogP contribution is 2.28. The minimum Gasteiger partial charge on any atom is -0.313 e. The summed E-state index contributed by atoms with van der Waals surface area (Å²) in [4.78, 5) is 5.19. The molecule has 0 radical (unpaired) electrons. The lowest BCUT2D eigenvalue weighted by Gasteiger charge is -2.45. The molecule has 100 valence electrons. The first-order valence-electron chi connectivity index (χ1n) is 7.36. The zero-order chi connectivity index (χ0) is 12.3. The molecule has 1 N–H and O–H groups in total. The van der Waals surface area contributed by atoms with E-state index >= 15 is 0 Å². The normalized spacial score (nSPS) is 37.2. The average Bonchev–Trinajstić information content (AvgIpc) is 2.33. The third kappa shape index (κ3) is 3.43. The van der Waals surface area contributed by atoms with Crippen molar-refractivity contribution >= 4 is 0 Å². The second-order valence-electron chi connectivity index (χ2n) is 5.99. The first-order chi connectivity index (χ1) is 8.20. The quantitative estimate of drug-likeness (QED) is 0.803. The third-order valence-corrected chi connectivity index (χ3v) is 4.55. The Hall–Kier alpha value is -0.120. The van der Waals surface area contributed by atoms with Crippen LogP contribution in [0.3, 0.4) is 0 Å². The van der Waals surface area contributed by atoms with Crippen LogP contribution in [-0.4, -0.2) is 61.7 Å². The van der Waals surface area contributed by atoms with Crippen molar-refractivity contribution in [3.05, 3.63) is 0 Å². The summed E-state index contributed by atoms with van der Waals surface area (Å²) < 4.78 is 0. The minimum absolute atomic E-state index is 0.736. The van der Waals surface area contributed by atoms with E-state index in [0.717, 1.165) is 24.5 Å². The number of piperazine rings is 1. The molecule has 3 nitrogen and oxygen atoms in total. The van der Waals surface area contributed by atoms with Gasteiger partial charge in [-0.1, -0.05) is 13.8 Å². The lowest BCUT2D eigenvalue weighted by molar-refractivity contribution is 0.0588. The fourth-order valence-corrected chi connectivity index (χ4v) is 3.41. The van der Waals surface area contributed by atoms with Crippen LogP contribution in [0.2, 0.25) is 0 Å². The van der Waals surface area contributed by atoms with E-state index in [9.17, 15) is 0 Å². The number of nitrogens with zero attached hydrogens (tertiary/aromatic N) is 2. The number of likely N-dealkylation sites (N-methyl/N-ethyl adjacent to an activating group) is 2. The monoisotopic (exact) mass is 239 g/mol. The smallest absolute Gasteiger partial charge is 0.0252 e. The van der Waals surface area contributed by atoms with Crippen molar-refractivity contribution in [2.75, 3.05) is 39.8 Å². The van der Waals surface area contributed by atoms with Gasteiger partial charge in [-0.3, -0.25) is 4.90 Å². The van der Waals surface area contributed by atoms with Gasteiger partial charge in [0.05, 0.1) is 0 Å². The molecule has 0 aromatic heterocycles. The summed E-state index contributed by atoms with van der Waals surface area (Å²) in [5.74, 6) is 0.912. The van der Waals surface area contributed by atoms with Crippen molar-refractivity contribution < 1.29 is 0 Å². The van der Waals surface area contributed by atoms with E-state index in [4.69, 9.17) is 0 Å². The summed E-state index contributed by atoms with van der Waals surface area (Å²) in [6.07, 6.45) is 4.16. The molecule has 1 saturated carbocycles. The van der Waals surface area contributed by atoms with E-state index in [1.165, 1.54) is 45.4 Å². The van der Waals surface area contributed by atoms with E-state index < -0.39 is 0 Å². The predicted molar refractivity (Wildman–Crippen MR) is 73.3 cm³/mol. The van der Waals surface area contributed by atoms with Crippen molar-refractivity contribution in [2.24, 2.45) is 5.92 Å². The molecule has 3 atom stereocenters. The number of nitrogens with one attached hydrogen (secondary N) is 1. The molecule has 2 rings (SSSR count). The number of hydrogen-bond donors (Lipinski definition) is 1. The van der Waals surface area contributed by atoms with E-state index in [1.807, 2.05) is 0 Å². The molecular weight excluding hydrogens is 210 g/mol. The maximum Gasteiger partial charge on any atom is 0.0252 e. The molecule has 3 unspecified atom stereocenters. The standard InChI is InChI=1S/C14H29N3/c1-4-15-13-6-5-12(2)11-14(13)17-9-7-16(3)8-10-17/h12-15H,4-11H2,1-3H3. The van der Waals surface area contributed by atoms with E-state index in [0.29, 0.717) is 0 Å². The second kappa shape index (κ2) is 6.17. The van der Waals surface area contributed by atoms with Crippen LogP contribution in [0.1, 0.15) is 33.1 Å². The molecule has 1 aliphatic heterocycles. The van der Waals surface area contributed by atoms with E-state index in [1.54, 1.807) is 0 Å². The van der Waals surface area contributed by atoms with Crippen LogP contribution < -0.4 is 5.32 Å². The Morgan fingerprint density at radius 2 is 1.82 bits per heavy atom. The van der Waals surface area contributed by atoms with Gasteiger partial charge in [0.1, 0.15) is 0 Å². The summed E-state index contributed by atoms with van der Waals surface area (Å²) in [5, 5.41) is 3.71. The van der Waals surface area contributed by atoms with Crippen LogP contribution in [0.15, 0.2) is 0 Å². The Balaban J connectivity index is 1.94. The molecule has 0 aromatic carbocycles. The van der Waals surface area contributed by atoms with Crippen LogP contribution in [0.25, 0.3) is 0 Å². The van der Waals surface area contributed by atoms with Crippen molar-refractivity contribution in [1.82, 2.24) is 15.1 Å². The second-order valence-corrected chi connectivity index (χ2v) is 5.99. The Morgan fingerprint density at radius 3 is 2.47 bits per heavy atom. The highest BCUT2D eigenvalue weighted by Gasteiger charge is 2.33. The molecule has 0 aromatic rings. The number of rotatable bonds is 3. The van der Waals surface area contributed by atoms with Crippen LogP contribution in [-0.2, 0) is 0 Å². The Kier molecular flexibility index (Phi) is 4.83. The first kappa shape index (κ1) is 13.3. The van der Waals surface area contributed by atoms with Gasteiger partial charge in [0.25, 0.3) is 0 Å². The molecule has 1 aliphatic carbocycles. The van der Waals surface area contributed by atoms with Gasteiger partial charge in [-0.25, -0.2) is 0 Å². The lowest BCUT2D eigenvalue weighted by atomic mass is 9.82. The zero-order valence-corrected chi connectivity index (χ0v) is 11.8.